The van der Waals surface area contributed by atoms with Crippen molar-refractivity contribution in [3.63, 3.8) is 0 Å². The molecule has 2 atom stereocenters. The van der Waals surface area contributed by atoms with E-state index in [1.807, 2.05) is 20.8 Å². The average Bonchev–Trinajstić information content (AvgIpc) is 2.46. The number of nitrogens with zero attached hydrogens (tertiary/aromatic N) is 2. The lowest BCUT2D eigenvalue weighted by atomic mass is 10.0. The van der Waals surface area contributed by atoms with E-state index in [2.05, 4.69) is 24.1 Å². The SMILES string of the molecule is CCCOC(=O)C(CCC(C)C)N=NC(CCC(C)C)C(=O)O. The molecule has 6 heteroatoms. The van der Waals surface area contributed by atoms with Crippen molar-refractivity contribution in [2.45, 2.75) is 78.8 Å². The van der Waals surface area contributed by atoms with Crippen molar-refractivity contribution in [3.05, 3.63) is 0 Å². The van der Waals surface area contributed by atoms with E-state index >= 15 is 0 Å². The fourth-order valence-corrected chi connectivity index (χ4v) is 1.90. The zero-order chi connectivity index (χ0) is 17.8. The molecule has 23 heavy (non-hydrogen) atoms. The summed E-state index contributed by atoms with van der Waals surface area (Å²) in [6.45, 7) is 10.5. The van der Waals surface area contributed by atoms with Crippen LogP contribution in [-0.2, 0) is 14.3 Å². The van der Waals surface area contributed by atoms with Gasteiger partial charge in [0.1, 0.15) is 0 Å². The molecule has 0 aliphatic heterocycles. The molecular formula is C17H32N2O4. The molecule has 0 saturated carbocycles. The summed E-state index contributed by atoms with van der Waals surface area (Å²) in [6.07, 6.45) is 3.27. The number of carbonyl (C=O) groups is 2. The monoisotopic (exact) mass is 328 g/mol. The summed E-state index contributed by atoms with van der Waals surface area (Å²) in [5.41, 5.74) is 0. The highest BCUT2D eigenvalue weighted by Crippen LogP contribution is 2.15. The molecule has 0 aliphatic rings. The summed E-state index contributed by atoms with van der Waals surface area (Å²) >= 11 is 0. The Morgan fingerprint density at radius 2 is 1.39 bits per heavy atom. The van der Waals surface area contributed by atoms with Crippen molar-refractivity contribution in [1.82, 2.24) is 0 Å². The predicted octanol–water partition coefficient (Wildman–Crippen LogP) is 4.09. The number of carboxylic acids is 1. The van der Waals surface area contributed by atoms with Crippen LogP contribution in [0.5, 0.6) is 0 Å². The standard InChI is InChI=1S/C17H32N2O4/c1-6-11-23-17(22)15(10-8-13(4)5)19-18-14(16(20)21)9-7-12(2)3/h12-15H,6-11H2,1-5H3,(H,20,21). The summed E-state index contributed by atoms with van der Waals surface area (Å²) in [5, 5.41) is 17.2. The maximum Gasteiger partial charge on any atom is 0.332 e. The van der Waals surface area contributed by atoms with Crippen LogP contribution in [0, 0.1) is 11.8 Å². The second-order valence-electron chi connectivity index (χ2n) is 6.71. The molecule has 6 nitrogen and oxygen atoms in total. The van der Waals surface area contributed by atoms with Crippen LogP contribution < -0.4 is 0 Å². The molecule has 0 bridgehead atoms. The van der Waals surface area contributed by atoms with Gasteiger partial charge >= 0.3 is 11.9 Å². The Kier molecular flexibility index (Phi) is 11.3. The number of aliphatic carboxylic acids is 1. The van der Waals surface area contributed by atoms with Crippen molar-refractivity contribution in [2.24, 2.45) is 22.1 Å². The Morgan fingerprint density at radius 3 is 1.83 bits per heavy atom. The first-order chi connectivity index (χ1) is 10.8. The lowest BCUT2D eigenvalue weighted by molar-refractivity contribution is -0.146. The van der Waals surface area contributed by atoms with Gasteiger partial charge in [0, 0.05) is 0 Å². The Labute approximate surface area is 139 Å². The van der Waals surface area contributed by atoms with Gasteiger partial charge in [0.05, 0.1) is 6.61 Å². The van der Waals surface area contributed by atoms with E-state index in [9.17, 15) is 14.7 Å². The second kappa shape index (κ2) is 12.0. The van der Waals surface area contributed by atoms with Crippen LogP contribution in [0.4, 0.5) is 0 Å². The zero-order valence-electron chi connectivity index (χ0n) is 15.1. The van der Waals surface area contributed by atoms with Gasteiger partial charge in [-0.3, -0.25) is 0 Å². The molecule has 0 saturated heterocycles. The minimum Gasteiger partial charge on any atom is -0.480 e. The highest BCUT2D eigenvalue weighted by molar-refractivity contribution is 5.76. The van der Waals surface area contributed by atoms with Crippen LogP contribution in [0.3, 0.4) is 0 Å². The van der Waals surface area contributed by atoms with E-state index in [1.165, 1.54) is 0 Å². The van der Waals surface area contributed by atoms with E-state index in [0.717, 1.165) is 19.3 Å². The van der Waals surface area contributed by atoms with Crippen LogP contribution in [0.1, 0.15) is 66.7 Å². The number of carbonyl (C=O) groups excluding carboxylic acids is 1. The highest BCUT2D eigenvalue weighted by Gasteiger charge is 2.22. The van der Waals surface area contributed by atoms with Crippen LogP contribution in [0.2, 0.25) is 0 Å². The van der Waals surface area contributed by atoms with Gasteiger partial charge in [-0.2, -0.15) is 10.2 Å². The first kappa shape index (κ1) is 21.5. The van der Waals surface area contributed by atoms with Crippen LogP contribution in [0.25, 0.3) is 0 Å². The van der Waals surface area contributed by atoms with Gasteiger partial charge in [-0.05, 0) is 43.9 Å². The fraction of sp³-hybridized carbons (Fsp3) is 0.882. The van der Waals surface area contributed by atoms with E-state index in [4.69, 9.17) is 4.74 Å². The van der Waals surface area contributed by atoms with Crippen LogP contribution in [0.15, 0.2) is 10.2 Å². The van der Waals surface area contributed by atoms with Gasteiger partial charge in [-0.15, -0.1) is 0 Å². The Hall–Kier alpha value is -1.46. The van der Waals surface area contributed by atoms with Crippen molar-refractivity contribution in [1.29, 1.82) is 0 Å². The number of hydrogen-bond acceptors (Lipinski definition) is 5. The van der Waals surface area contributed by atoms with Gasteiger partial charge in [-0.1, -0.05) is 34.6 Å². The van der Waals surface area contributed by atoms with E-state index < -0.39 is 24.0 Å². The molecule has 0 rings (SSSR count). The van der Waals surface area contributed by atoms with E-state index in [-0.39, 0.29) is 0 Å². The molecule has 2 unspecified atom stereocenters. The van der Waals surface area contributed by atoms with Gasteiger partial charge in [0.25, 0.3) is 0 Å². The average molecular weight is 328 g/mol. The quantitative estimate of drug-likeness (QED) is 0.432. The number of hydrogen-bond donors (Lipinski definition) is 1. The van der Waals surface area contributed by atoms with Crippen LogP contribution >= 0.6 is 0 Å². The van der Waals surface area contributed by atoms with Crippen molar-refractivity contribution < 1.29 is 19.4 Å². The highest BCUT2D eigenvalue weighted by atomic mass is 16.5. The maximum atomic E-state index is 12.0. The van der Waals surface area contributed by atoms with Gasteiger partial charge in [-0.25, -0.2) is 9.59 Å². The number of carboxylic acid groups (broad SMARTS) is 1. The second-order valence-corrected chi connectivity index (χ2v) is 6.71. The third-order valence-electron chi connectivity index (χ3n) is 3.39. The number of esters is 1. The Bertz CT molecular complexity index is 381. The molecule has 0 aromatic rings. The zero-order valence-corrected chi connectivity index (χ0v) is 15.1. The summed E-state index contributed by atoms with van der Waals surface area (Å²) < 4.78 is 5.14. The Morgan fingerprint density at radius 1 is 0.913 bits per heavy atom. The summed E-state index contributed by atoms with van der Waals surface area (Å²) in [4.78, 5) is 23.3. The molecule has 0 spiro atoms. The Balaban J connectivity index is 4.84. The smallest absolute Gasteiger partial charge is 0.332 e. The van der Waals surface area contributed by atoms with Crippen molar-refractivity contribution in [3.8, 4) is 0 Å². The third kappa shape index (κ3) is 10.8. The minimum absolute atomic E-state index is 0.349. The largest absolute Gasteiger partial charge is 0.480 e. The molecule has 0 aliphatic carbocycles. The maximum absolute atomic E-state index is 12.0. The molecule has 0 heterocycles. The first-order valence-corrected chi connectivity index (χ1v) is 8.57. The van der Waals surface area contributed by atoms with Crippen LogP contribution in [-0.4, -0.2) is 35.7 Å². The lowest BCUT2D eigenvalue weighted by Crippen LogP contribution is -2.24. The van der Waals surface area contributed by atoms with Crippen molar-refractivity contribution in [2.75, 3.05) is 6.61 Å². The molecule has 0 aromatic heterocycles. The van der Waals surface area contributed by atoms with E-state index in [1.54, 1.807) is 0 Å². The normalized spacial score (nSPS) is 14.4. The molecular weight excluding hydrogens is 296 g/mol. The van der Waals surface area contributed by atoms with Gasteiger partial charge < -0.3 is 9.84 Å². The predicted molar refractivity (Wildman–Crippen MR) is 89.5 cm³/mol. The molecule has 0 aromatic carbocycles. The number of rotatable bonds is 12. The summed E-state index contributed by atoms with van der Waals surface area (Å²) in [5.74, 6) is -0.579. The molecule has 0 fully saturated rings. The molecule has 0 radical (unpaired) electrons. The minimum atomic E-state index is -1.00. The summed E-state index contributed by atoms with van der Waals surface area (Å²) in [6, 6.07) is -1.59. The lowest BCUT2D eigenvalue weighted by Gasteiger charge is -2.14. The summed E-state index contributed by atoms with van der Waals surface area (Å²) in [7, 11) is 0. The topological polar surface area (TPSA) is 88.3 Å². The fourth-order valence-electron chi connectivity index (χ4n) is 1.90. The third-order valence-corrected chi connectivity index (χ3v) is 3.39. The molecule has 0 amide bonds. The molecule has 134 valence electrons. The van der Waals surface area contributed by atoms with E-state index in [0.29, 0.717) is 31.3 Å². The van der Waals surface area contributed by atoms with Crippen molar-refractivity contribution >= 4 is 11.9 Å². The number of azo groups is 1. The first-order valence-electron chi connectivity index (χ1n) is 8.57. The van der Waals surface area contributed by atoms with Gasteiger partial charge in [0.2, 0.25) is 0 Å². The van der Waals surface area contributed by atoms with Gasteiger partial charge in [0.15, 0.2) is 12.1 Å². The molecule has 1 N–H and O–H groups in total. The number of ether oxygens (including phenoxy) is 1.